The number of hydrogen-bond donors (Lipinski definition) is 1. The van der Waals surface area contributed by atoms with E-state index in [-0.39, 0.29) is 11.6 Å². The zero-order chi connectivity index (χ0) is 27.5. The van der Waals surface area contributed by atoms with Gasteiger partial charge in [0.2, 0.25) is 5.95 Å². The first kappa shape index (κ1) is 26.3. The highest BCUT2D eigenvalue weighted by molar-refractivity contribution is 5.74. The number of rotatable bonds is 8. The largest absolute Gasteiger partial charge is 0.488 e. The van der Waals surface area contributed by atoms with Crippen molar-refractivity contribution in [2.75, 3.05) is 18.4 Å². The van der Waals surface area contributed by atoms with Crippen LogP contribution in [0.4, 0.5) is 5.95 Å². The third-order valence-corrected chi connectivity index (χ3v) is 8.17. The number of hydrogen-bond acceptors (Lipinski definition) is 6. The number of anilines is 1. The number of benzene rings is 3. The molecule has 0 amide bonds. The van der Waals surface area contributed by atoms with Gasteiger partial charge in [0.05, 0.1) is 5.56 Å². The Bertz CT molecular complexity index is 1530. The minimum atomic E-state index is -0.167. The SMILES string of the molecule is Cc1cc2c(c(OCc3ccccc3)c1-c1nnc(N[C@@H]3CCCN(Cc4ccccc4)C3)n(C)c1=O)CCC2. The molecule has 40 heavy (non-hydrogen) atoms. The van der Waals surface area contributed by atoms with Crippen LogP contribution in [0.5, 0.6) is 5.75 Å². The van der Waals surface area contributed by atoms with Crippen LogP contribution in [-0.2, 0) is 33.0 Å². The summed E-state index contributed by atoms with van der Waals surface area (Å²) in [4.78, 5) is 16.2. The molecule has 6 rings (SSSR count). The van der Waals surface area contributed by atoms with Gasteiger partial charge in [-0.05, 0) is 73.4 Å². The van der Waals surface area contributed by atoms with E-state index in [0.717, 1.165) is 74.2 Å². The van der Waals surface area contributed by atoms with E-state index in [2.05, 4.69) is 68.9 Å². The number of piperidine rings is 1. The minimum Gasteiger partial charge on any atom is -0.488 e. The number of nitrogens with zero attached hydrogens (tertiary/aromatic N) is 4. The summed E-state index contributed by atoms with van der Waals surface area (Å²) < 4.78 is 8.07. The van der Waals surface area contributed by atoms with E-state index < -0.39 is 0 Å². The normalized spacial score (nSPS) is 17.0. The van der Waals surface area contributed by atoms with Crippen molar-refractivity contribution in [2.24, 2.45) is 7.05 Å². The fraction of sp³-hybridized carbons (Fsp3) is 0.364. The lowest BCUT2D eigenvalue weighted by Gasteiger charge is -2.33. The summed E-state index contributed by atoms with van der Waals surface area (Å²) in [6, 6.07) is 23.1. The fourth-order valence-electron chi connectivity index (χ4n) is 6.12. The summed E-state index contributed by atoms with van der Waals surface area (Å²) in [6.07, 6.45) is 5.20. The molecular weight excluding hydrogens is 498 g/mol. The molecule has 1 N–H and O–H groups in total. The summed E-state index contributed by atoms with van der Waals surface area (Å²) >= 11 is 0. The number of aromatic nitrogens is 3. The molecular formula is C33H37N5O2. The second-order valence-corrected chi connectivity index (χ2v) is 11.1. The molecule has 1 aliphatic heterocycles. The van der Waals surface area contributed by atoms with Crippen LogP contribution < -0.4 is 15.6 Å². The predicted octanol–water partition coefficient (Wildman–Crippen LogP) is 5.29. The first-order valence-electron chi connectivity index (χ1n) is 14.4. The Morgan fingerprint density at radius 1 is 0.975 bits per heavy atom. The average molecular weight is 536 g/mol. The number of nitrogens with one attached hydrogen (secondary N) is 1. The first-order chi connectivity index (χ1) is 19.6. The zero-order valence-corrected chi connectivity index (χ0v) is 23.4. The molecule has 1 aromatic heterocycles. The van der Waals surface area contributed by atoms with E-state index in [9.17, 15) is 4.79 Å². The number of likely N-dealkylation sites (tertiary alicyclic amines) is 1. The van der Waals surface area contributed by atoms with Gasteiger partial charge in [-0.15, -0.1) is 10.2 Å². The molecule has 2 aliphatic rings. The molecule has 0 bridgehead atoms. The van der Waals surface area contributed by atoms with E-state index >= 15 is 0 Å². The Morgan fingerprint density at radius 2 is 1.73 bits per heavy atom. The van der Waals surface area contributed by atoms with Crippen molar-refractivity contribution in [3.05, 3.63) is 105 Å². The molecule has 206 valence electrons. The van der Waals surface area contributed by atoms with Crippen molar-refractivity contribution in [1.82, 2.24) is 19.7 Å². The standard InChI is InChI=1S/C33H37N5O2/c1-23-19-26-15-9-17-28(26)31(40-22-25-13-7-4-8-14-25)29(23)30-32(39)37(2)33(36-35-30)34-27-16-10-18-38(21-27)20-24-11-5-3-6-12-24/h3-8,11-14,19,27H,9-10,15-18,20-22H2,1-2H3,(H,34,36)/t27-/m1/s1. The molecule has 1 atom stereocenters. The van der Waals surface area contributed by atoms with Crippen molar-refractivity contribution in [1.29, 1.82) is 0 Å². The Kier molecular flexibility index (Phi) is 7.64. The van der Waals surface area contributed by atoms with Gasteiger partial charge in [-0.2, -0.15) is 0 Å². The van der Waals surface area contributed by atoms with Gasteiger partial charge in [0, 0.05) is 26.2 Å². The molecule has 0 unspecified atom stereocenters. The molecule has 3 aromatic carbocycles. The number of fused-ring (bicyclic) bond motifs is 1. The van der Waals surface area contributed by atoms with Gasteiger partial charge in [-0.3, -0.25) is 14.3 Å². The van der Waals surface area contributed by atoms with Gasteiger partial charge in [0.1, 0.15) is 12.4 Å². The molecule has 0 radical (unpaired) electrons. The highest BCUT2D eigenvalue weighted by atomic mass is 16.5. The molecule has 0 spiro atoms. The molecule has 2 heterocycles. The molecule has 1 aliphatic carbocycles. The second kappa shape index (κ2) is 11.6. The van der Waals surface area contributed by atoms with Crippen molar-refractivity contribution in [2.45, 2.75) is 58.2 Å². The van der Waals surface area contributed by atoms with E-state index in [1.807, 2.05) is 25.1 Å². The summed E-state index contributed by atoms with van der Waals surface area (Å²) in [5, 5.41) is 12.6. The van der Waals surface area contributed by atoms with E-state index in [4.69, 9.17) is 4.74 Å². The van der Waals surface area contributed by atoms with Crippen LogP contribution >= 0.6 is 0 Å². The lowest BCUT2D eigenvalue weighted by molar-refractivity contribution is 0.208. The third kappa shape index (κ3) is 5.52. The zero-order valence-electron chi connectivity index (χ0n) is 23.4. The maximum Gasteiger partial charge on any atom is 0.281 e. The Labute approximate surface area is 235 Å². The van der Waals surface area contributed by atoms with Crippen LogP contribution in [0.2, 0.25) is 0 Å². The highest BCUT2D eigenvalue weighted by Crippen LogP contribution is 2.40. The summed E-state index contributed by atoms with van der Waals surface area (Å²) in [6.45, 7) is 5.37. The molecule has 0 saturated carbocycles. The molecule has 4 aromatic rings. The summed E-state index contributed by atoms with van der Waals surface area (Å²) in [5.74, 6) is 1.29. The number of ether oxygens (including phenoxy) is 1. The minimum absolute atomic E-state index is 0.167. The topological polar surface area (TPSA) is 72.3 Å². The fourth-order valence-corrected chi connectivity index (χ4v) is 6.12. The molecule has 1 fully saturated rings. The van der Waals surface area contributed by atoms with Crippen molar-refractivity contribution >= 4 is 5.95 Å². The molecule has 7 heteroatoms. The first-order valence-corrected chi connectivity index (χ1v) is 14.4. The quantitative estimate of drug-likeness (QED) is 0.330. The Hall–Kier alpha value is -3.97. The van der Waals surface area contributed by atoms with Crippen molar-refractivity contribution in [3.8, 4) is 17.0 Å². The van der Waals surface area contributed by atoms with Gasteiger partial charge in [0.15, 0.2) is 5.69 Å². The van der Waals surface area contributed by atoms with Gasteiger partial charge in [-0.1, -0.05) is 66.7 Å². The maximum absolute atomic E-state index is 13.8. The predicted molar refractivity (Wildman–Crippen MR) is 159 cm³/mol. The van der Waals surface area contributed by atoms with Crippen LogP contribution in [0.15, 0.2) is 71.5 Å². The maximum atomic E-state index is 13.8. The van der Waals surface area contributed by atoms with Gasteiger partial charge in [-0.25, -0.2) is 0 Å². The Morgan fingerprint density at radius 3 is 2.50 bits per heavy atom. The Balaban J connectivity index is 1.26. The van der Waals surface area contributed by atoms with E-state index in [1.165, 1.54) is 16.7 Å². The summed E-state index contributed by atoms with van der Waals surface area (Å²) in [7, 11) is 1.78. The van der Waals surface area contributed by atoms with Crippen LogP contribution in [0, 0.1) is 6.92 Å². The third-order valence-electron chi connectivity index (χ3n) is 8.17. The lowest BCUT2D eigenvalue weighted by atomic mass is 9.97. The lowest BCUT2D eigenvalue weighted by Crippen LogP contribution is -2.42. The monoisotopic (exact) mass is 535 g/mol. The average Bonchev–Trinajstić information content (AvgIpc) is 3.44. The van der Waals surface area contributed by atoms with Gasteiger partial charge in [0.25, 0.3) is 5.56 Å². The van der Waals surface area contributed by atoms with Gasteiger partial charge < -0.3 is 10.1 Å². The summed E-state index contributed by atoms with van der Waals surface area (Å²) in [5.41, 5.74) is 6.86. The van der Waals surface area contributed by atoms with Crippen LogP contribution in [0.25, 0.3) is 11.3 Å². The van der Waals surface area contributed by atoms with Crippen LogP contribution in [0.1, 0.15) is 47.1 Å². The molecule has 1 saturated heterocycles. The number of aryl methyl sites for hydroxylation is 2. The second-order valence-electron chi connectivity index (χ2n) is 11.1. The van der Waals surface area contributed by atoms with Crippen molar-refractivity contribution < 1.29 is 4.74 Å². The smallest absolute Gasteiger partial charge is 0.281 e. The van der Waals surface area contributed by atoms with E-state index in [1.54, 1.807) is 11.6 Å². The van der Waals surface area contributed by atoms with Crippen LogP contribution in [0.3, 0.4) is 0 Å². The van der Waals surface area contributed by atoms with Gasteiger partial charge >= 0.3 is 0 Å². The van der Waals surface area contributed by atoms with Crippen LogP contribution in [-0.4, -0.2) is 38.8 Å². The van der Waals surface area contributed by atoms with E-state index in [0.29, 0.717) is 18.2 Å². The van der Waals surface area contributed by atoms with Crippen molar-refractivity contribution in [3.63, 3.8) is 0 Å². The highest BCUT2D eigenvalue weighted by Gasteiger charge is 2.27. The molecule has 7 nitrogen and oxygen atoms in total.